The summed E-state index contributed by atoms with van der Waals surface area (Å²) >= 11 is 0. The summed E-state index contributed by atoms with van der Waals surface area (Å²) < 4.78 is 0. The van der Waals surface area contributed by atoms with E-state index < -0.39 is 10.3 Å². The zero-order valence-corrected chi connectivity index (χ0v) is 11.9. The molecule has 2 atom stereocenters. The summed E-state index contributed by atoms with van der Waals surface area (Å²) in [6, 6.07) is 5.98. The van der Waals surface area contributed by atoms with Crippen molar-refractivity contribution in [3.05, 3.63) is 39.9 Å². The first-order valence-electron chi connectivity index (χ1n) is 6.98. The van der Waals surface area contributed by atoms with Crippen LogP contribution in [0.4, 0.5) is 5.69 Å². The topological polar surface area (TPSA) is 80.5 Å². The molecule has 1 aromatic rings. The number of nitro groups is 1. The number of non-ortho nitro benzene ring substituents is 1. The smallest absolute Gasteiger partial charge is 0.269 e. The zero-order chi connectivity index (χ0) is 15.4. The number of imide groups is 1. The van der Waals surface area contributed by atoms with Crippen LogP contribution in [-0.2, 0) is 15.0 Å². The second-order valence-electron chi connectivity index (χ2n) is 6.18. The molecule has 2 aliphatic rings. The van der Waals surface area contributed by atoms with Crippen molar-refractivity contribution in [3.63, 3.8) is 0 Å². The molecule has 0 spiro atoms. The van der Waals surface area contributed by atoms with Gasteiger partial charge in [-0.2, -0.15) is 0 Å². The standard InChI is InChI=1S/C15H16N2O4/c1-9(2)8-16-13(18)12-7-15(12,14(16)19)10-3-5-11(6-4-10)17(20)21/h3-6,9,12H,7-8H2,1-2H3. The van der Waals surface area contributed by atoms with Gasteiger partial charge in [0.15, 0.2) is 0 Å². The highest BCUT2D eigenvalue weighted by Crippen LogP contribution is 2.60. The molecule has 1 saturated heterocycles. The molecule has 3 rings (SSSR count). The summed E-state index contributed by atoms with van der Waals surface area (Å²) in [4.78, 5) is 36.4. The van der Waals surface area contributed by atoms with Crippen molar-refractivity contribution < 1.29 is 14.5 Å². The number of fused-ring (bicyclic) bond motifs is 1. The number of hydrogen-bond acceptors (Lipinski definition) is 4. The lowest BCUT2D eigenvalue weighted by molar-refractivity contribution is -0.384. The van der Waals surface area contributed by atoms with E-state index in [1.807, 2.05) is 13.8 Å². The molecule has 1 aromatic carbocycles. The van der Waals surface area contributed by atoms with Gasteiger partial charge in [0, 0.05) is 18.7 Å². The van der Waals surface area contributed by atoms with Crippen LogP contribution in [-0.4, -0.2) is 28.2 Å². The van der Waals surface area contributed by atoms with Crippen LogP contribution in [0.1, 0.15) is 25.8 Å². The average molecular weight is 288 g/mol. The van der Waals surface area contributed by atoms with Gasteiger partial charge in [0.2, 0.25) is 11.8 Å². The van der Waals surface area contributed by atoms with Crippen molar-refractivity contribution >= 4 is 17.5 Å². The van der Waals surface area contributed by atoms with Crippen LogP contribution < -0.4 is 0 Å². The number of nitro benzene ring substituents is 1. The summed E-state index contributed by atoms with van der Waals surface area (Å²) in [6.45, 7) is 4.36. The maximum atomic E-state index is 12.6. The average Bonchev–Trinajstić information content (AvgIpc) is 3.15. The maximum absolute atomic E-state index is 12.6. The van der Waals surface area contributed by atoms with Gasteiger partial charge in [0.1, 0.15) is 0 Å². The predicted octanol–water partition coefficient (Wildman–Crippen LogP) is 1.88. The minimum Gasteiger partial charge on any atom is -0.281 e. The highest BCUT2D eigenvalue weighted by molar-refractivity contribution is 6.15. The number of amides is 2. The lowest BCUT2D eigenvalue weighted by Gasteiger charge is -2.21. The minimum absolute atomic E-state index is 0.0110. The molecule has 0 N–H and O–H groups in total. The Labute approximate surface area is 121 Å². The molecule has 1 aliphatic heterocycles. The van der Waals surface area contributed by atoms with Gasteiger partial charge >= 0.3 is 0 Å². The lowest BCUT2D eigenvalue weighted by Crippen LogP contribution is -2.38. The third-order valence-corrected chi connectivity index (χ3v) is 4.29. The molecule has 21 heavy (non-hydrogen) atoms. The van der Waals surface area contributed by atoms with Crippen molar-refractivity contribution in [2.24, 2.45) is 11.8 Å². The highest BCUT2D eigenvalue weighted by atomic mass is 16.6. The van der Waals surface area contributed by atoms with E-state index in [2.05, 4.69) is 0 Å². The van der Waals surface area contributed by atoms with Crippen LogP contribution in [0.2, 0.25) is 0 Å². The summed E-state index contributed by atoms with van der Waals surface area (Å²) in [7, 11) is 0. The van der Waals surface area contributed by atoms with Gasteiger partial charge in [-0.15, -0.1) is 0 Å². The van der Waals surface area contributed by atoms with Gasteiger partial charge in [0.25, 0.3) is 5.69 Å². The second kappa shape index (κ2) is 4.38. The Hall–Kier alpha value is -2.24. The molecular formula is C15H16N2O4. The second-order valence-corrected chi connectivity index (χ2v) is 6.18. The van der Waals surface area contributed by atoms with Crippen LogP contribution >= 0.6 is 0 Å². The normalized spacial score (nSPS) is 27.2. The van der Waals surface area contributed by atoms with Gasteiger partial charge in [0.05, 0.1) is 16.3 Å². The van der Waals surface area contributed by atoms with E-state index in [4.69, 9.17) is 0 Å². The first-order valence-corrected chi connectivity index (χ1v) is 6.98. The number of benzene rings is 1. The first kappa shape index (κ1) is 13.7. The van der Waals surface area contributed by atoms with Gasteiger partial charge < -0.3 is 0 Å². The highest BCUT2D eigenvalue weighted by Gasteiger charge is 2.72. The number of piperidine rings is 1. The molecule has 6 nitrogen and oxygen atoms in total. The largest absolute Gasteiger partial charge is 0.281 e. The van der Waals surface area contributed by atoms with E-state index in [0.717, 1.165) is 0 Å². The van der Waals surface area contributed by atoms with E-state index in [-0.39, 0.29) is 29.3 Å². The van der Waals surface area contributed by atoms with Gasteiger partial charge in [-0.3, -0.25) is 24.6 Å². The molecule has 0 aromatic heterocycles. The molecule has 110 valence electrons. The third-order valence-electron chi connectivity index (χ3n) is 4.29. The Kier molecular flexibility index (Phi) is 2.86. The Morgan fingerprint density at radius 2 is 1.95 bits per heavy atom. The number of hydrogen-bond donors (Lipinski definition) is 0. The van der Waals surface area contributed by atoms with Crippen LogP contribution in [0.15, 0.2) is 24.3 Å². The number of carbonyl (C=O) groups excluding carboxylic acids is 2. The summed E-state index contributed by atoms with van der Waals surface area (Å²) in [5.41, 5.74) is -0.0629. The van der Waals surface area contributed by atoms with Crippen molar-refractivity contribution in [2.75, 3.05) is 6.54 Å². The Morgan fingerprint density at radius 1 is 1.33 bits per heavy atom. The molecule has 2 fully saturated rings. The number of rotatable bonds is 4. The van der Waals surface area contributed by atoms with E-state index in [1.165, 1.54) is 17.0 Å². The van der Waals surface area contributed by atoms with E-state index in [1.54, 1.807) is 12.1 Å². The Morgan fingerprint density at radius 3 is 2.48 bits per heavy atom. The van der Waals surface area contributed by atoms with Crippen molar-refractivity contribution in [3.8, 4) is 0 Å². The summed E-state index contributed by atoms with van der Waals surface area (Å²) in [5.74, 6) is -0.318. The quantitative estimate of drug-likeness (QED) is 0.481. The fourth-order valence-electron chi connectivity index (χ4n) is 3.19. The molecular weight excluding hydrogens is 272 g/mol. The number of likely N-dealkylation sites (tertiary alicyclic amines) is 1. The van der Waals surface area contributed by atoms with Crippen LogP contribution in [0, 0.1) is 22.0 Å². The van der Waals surface area contributed by atoms with E-state index in [9.17, 15) is 19.7 Å². The van der Waals surface area contributed by atoms with Gasteiger partial charge in [-0.25, -0.2) is 0 Å². The first-order chi connectivity index (χ1) is 9.87. The van der Waals surface area contributed by atoms with E-state index >= 15 is 0 Å². The Balaban J connectivity index is 1.91. The fourth-order valence-corrected chi connectivity index (χ4v) is 3.19. The van der Waals surface area contributed by atoms with E-state index in [0.29, 0.717) is 18.5 Å². The van der Waals surface area contributed by atoms with Gasteiger partial charge in [-0.05, 0) is 17.9 Å². The van der Waals surface area contributed by atoms with Crippen LogP contribution in [0.25, 0.3) is 0 Å². The van der Waals surface area contributed by atoms with Crippen LogP contribution in [0.5, 0.6) is 0 Å². The monoisotopic (exact) mass is 288 g/mol. The summed E-state index contributed by atoms with van der Waals surface area (Å²) in [6.07, 6.45) is 0.525. The summed E-state index contributed by atoms with van der Waals surface area (Å²) in [5, 5.41) is 10.7. The van der Waals surface area contributed by atoms with Crippen molar-refractivity contribution in [1.29, 1.82) is 0 Å². The molecule has 0 radical (unpaired) electrons. The molecule has 1 heterocycles. The molecule has 6 heteroatoms. The molecule has 2 amide bonds. The molecule has 0 bridgehead atoms. The Bertz CT molecular complexity index is 638. The molecule has 1 saturated carbocycles. The predicted molar refractivity (Wildman–Crippen MR) is 74.4 cm³/mol. The third kappa shape index (κ3) is 1.86. The lowest BCUT2D eigenvalue weighted by atomic mass is 9.94. The van der Waals surface area contributed by atoms with Crippen LogP contribution in [0.3, 0.4) is 0 Å². The van der Waals surface area contributed by atoms with Gasteiger partial charge in [-0.1, -0.05) is 26.0 Å². The minimum atomic E-state index is -0.763. The van der Waals surface area contributed by atoms with Crippen molar-refractivity contribution in [2.45, 2.75) is 25.7 Å². The zero-order valence-electron chi connectivity index (χ0n) is 11.9. The number of nitrogens with zero attached hydrogens (tertiary/aromatic N) is 2. The maximum Gasteiger partial charge on any atom is 0.269 e. The SMILES string of the molecule is CC(C)CN1C(=O)C2CC2(c2ccc([N+](=O)[O-])cc2)C1=O. The molecule has 2 unspecified atom stereocenters. The fraction of sp³-hybridized carbons (Fsp3) is 0.467. The van der Waals surface area contributed by atoms with Crippen molar-refractivity contribution in [1.82, 2.24) is 4.90 Å². The number of carbonyl (C=O) groups is 2. The molecule has 1 aliphatic carbocycles.